The van der Waals surface area contributed by atoms with E-state index < -0.39 is 0 Å². The molecule has 31 heavy (non-hydrogen) atoms. The Hall–Kier alpha value is -2.51. The van der Waals surface area contributed by atoms with E-state index in [4.69, 9.17) is 4.74 Å². The summed E-state index contributed by atoms with van der Waals surface area (Å²) in [6.45, 7) is 8.67. The van der Waals surface area contributed by atoms with Gasteiger partial charge in [-0.25, -0.2) is 0 Å². The molecular formula is C24H35N5O2. The molecule has 0 aromatic carbocycles. The topological polar surface area (TPSA) is 60.7 Å². The number of carbonyl (C=O) groups excluding carboxylic acids is 1. The fraction of sp³-hybridized carbons (Fsp3) is 0.542. The minimum atomic E-state index is 0.264. The number of carbonyl (C=O) groups is 1. The standard InChI is InChI=1S/C24H35N5O2/c1-3-6-21(23-19-25-10-5-11-26-23)7-4-12-27-15-17-29(18-16-27)24(30)9-14-28-13-8-22(20-28)31-2/h3-7,10-12,22H,8-9,13-20H2,1-2H3/b6-3-,12-4+,21-7+. The van der Waals surface area contributed by atoms with Crippen molar-refractivity contribution < 1.29 is 9.53 Å². The Bertz CT molecular complexity index is 773. The monoisotopic (exact) mass is 425 g/mol. The maximum Gasteiger partial charge on any atom is 0.223 e. The van der Waals surface area contributed by atoms with Gasteiger partial charge in [0.2, 0.25) is 5.91 Å². The fourth-order valence-corrected chi connectivity index (χ4v) is 4.00. The molecule has 2 saturated heterocycles. The summed E-state index contributed by atoms with van der Waals surface area (Å²) < 4.78 is 5.40. The summed E-state index contributed by atoms with van der Waals surface area (Å²) in [5.74, 6) is 0.264. The molecule has 1 unspecified atom stereocenters. The van der Waals surface area contributed by atoms with Crippen LogP contribution in [0.4, 0.5) is 0 Å². The van der Waals surface area contributed by atoms with Gasteiger partial charge in [0.1, 0.15) is 0 Å². The van der Waals surface area contributed by atoms with E-state index in [-0.39, 0.29) is 5.91 Å². The van der Waals surface area contributed by atoms with E-state index in [0.717, 1.165) is 63.5 Å². The van der Waals surface area contributed by atoms with Crippen molar-refractivity contribution in [3.63, 3.8) is 0 Å². The Morgan fingerprint density at radius 3 is 2.84 bits per heavy atom. The van der Waals surface area contributed by atoms with Gasteiger partial charge in [-0.15, -0.1) is 0 Å². The molecule has 0 N–H and O–H groups in total. The number of piperazine rings is 1. The average molecular weight is 426 g/mol. The van der Waals surface area contributed by atoms with Crippen LogP contribution in [0.5, 0.6) is 0 Å². The van der Waals surface area contributed by atoms with Crippen molar-refractivity contribution in [2.45, 2.75) is 25.9 Å². The highest BCUT2D eigenvalue weighted by atomic mass is 16.5. The summed E-state index contributed by atoms with van der Waals surface area (Å²) in [5.41, 5.74) is 2.02. The van der Waals surface area contributed by atoms with Crippen LogP contribution in [0.2, 0.25) is 0 Å². The Labute approximate surface area is 186 Å². The number of ether oxygens (including phenoxy) is 1. The highest BCUT2D eigenvalue weighted by Crippen LogP contribution is 2.13. The van der Waals surface area contributed by atoms with E-state index in [0.29, 0.717) is 19.1 Å². The summed E-state index contributed by atoms with van der Waals surface area (Å²) in [6, 6.07) is 0. The maximum atomic E-state index is 12.6. The van der Waals surface area contributed by atoms with Crippen LogP contribution in [-0.2, 0) is 9.53 Å². The SMILES string of the molecule is C\C=C/C(=C\C=C\N1CCN(C(=O)CCN2CCC(OC)C2)CC1)C1=NC=CC=NC1. The van der Waals surface area contributed by atoms with E-state index in [1.807, 2.05) is 24.0 Å². The van der Waals surface area contributed by atoms with Crippen molar-refractivity contribution in [2.75, 3.05) is 59.5 Å². The third kappa shape index (κ3) is 7.29. The van der Waals surface area contributed by atoms with E-state index in [2.05, 4.69) is 44.2 Å². The summed E-state index contributed by atoms with van der Waals surface area (Å²) >= 11 is 0. The lowest BCUT2D eigenvalue weighted by atomic mass is 10.1. The van der Waals surface area contributed by atoms with E-state index in [1.165, 1.54) is 0 Å². The molecule has 0 spiro atoms. The largest absolute Gasteiger partial charge is 0.380 e. The van der Waals surface area contributed by atoms with Crippen LogP contribution in [-0.4, -0.2) is 98.1 Å². The van der Waals surface area contributed by atoms with Crippen molar-refractivity contribution in [3.8, 4) is 0 Å². The van der Waals surface area contributed by atoms with E-state index in [9.17, 15) is 4.79 Å². The molecule has 2 fully saturated rings. The molecule has 0 bridgehead atoms. The summed E-state index contributed by atoms with van der Waals surface area (Å²) in [5, 5.41) is 0. The molecule has 3 aliphatic rings. The Morgan fingerprint density at radius 1 is 1.26 bits per heavy atom. The molecule has 168 valence electrons. The quantitative estimate of drug-likeness (QED) is 0.560. The van der Waals surface area contributed by atoms with Crippen molar-refractivity contribution in [1.82, 2.24) is 14.7 Å². The van der Waals surface area contributed by atoms with E-state index >= 15 is 0 Å². The van der Waals surface area contributed by atoms with Crippen LogP contribution >= 0.6 is 0 Å². The van der Waals surface area contributed by atoms with Gasteiger partial charge in [-0.3, -0.25) is 14.8 Å². The van der Waals surface area contributed by atoms with Crippen molar-refractivity contribution >= 4 is 17.8 Å². The first-order valence-corrected chi connectivity index (χ1v) is 11.2. The number of methoxy groups -OCH3 is 1. The van der Waals surface area contributed by atoms with Gasteiger partial charge >= 0.3 is 0 Å². The molecule has 3 aliphatic heterocycles. The molecule has 0 saturated carbocycles. The molecule has 1 amide bonds. The van der Waals surface area contributed by atoms with Gasteiger partial charge in [-0.1, -0.05) is 18.2 Å². The molecule has 0 aromatic rings. The van der Waals surface area contributed by atoms with Gasteiger partial charge in [0.05, 0.1) is 18.4 Å². The lowest BCUT2D eigenvalue weighted by molar-refractivity contribution is -0.132. The number of hydrogen-bond donors (Lipinski definition) is 0. The lowest BCUT2D eigenvalue weighted by Gasteiger charge is -2.34. The smallest absolute Gasteiger partial charge is 0.223 e. The molecule has 3 heterocycles. The van der Waals surface area contributed by atoms with Crippen LogP contribution in [0.25, 0.3) is 0 Å². The highest BCUT2D eigenvalue weighted by molar-refractivity contribution is 6.05. The predicted octanol–water partition coefficient (Wildman–Crippen LogP) is 2.30. The van der Waals surface area contributed by atoms with Crippen LogP contribution in [0.3, 0.4) is 0 Å². The zero-order chi connectivity index (χ0) is 21.9. The number of amides is 1. The Kier molecular flexibility index (Phi) is 9.24. The lowest BCUT2D eigenvalue weighted by Crippen LogP contribution is -2.47. The number of aliphatic imine (C=N–C) groups is 2. The van der Waals surface area contributed by atoms with Crippen LogP contribution < -0.4 is 0 Å². The number of nitrogens with zero attached hydrogens (tertiary/aromatic N) is 5. The first-order chi connectivity index (χ1) is 15.2. The van der Waals surface area contributed by atoms with Crippen molar-refractivity contribution in [1.29, 1.82) is 0 Å². The third-order valence-corrected chi connectivity index (χ3v) is 5.87. The normalized spacial score (nSPS) is 23.2. The second-order valence-electron chi connectivity index (χ2n) is 7.98. The summed E-state index contributed by atoms with van der Waals surface area (Å²) in [7, 11) is 1.77. The molecule has 0 aromatic heterocycles. The first-order valence-electron chi connectivity index (χ1n) is 11.2. The minimum absolute atomic E-state index is 0.264. The number of allylic oxidation sites excluding steroid dienone is 5. The highest BCUT2D eigenvalue weighted by Gasteiger charge is 2.24. The van der Waals surface area contributed by atoms with Crippen molar-refractivity contribution in [2.24, 2.45) is 9.98 Å². The van der Waals surface area contributed by atoms with Gasteiger partial charge in [-0.2, -0.15) is 0 Å². The molecule has 3 rings (SSSR count). The molecule has 0 aliphatic carbocycles. The molecular weight excluding hydrogens is 390 g/mol. The summed E-state index contributed by atoms with van der Waals surface area (Å²) in [6.07, 6.45) is 17.7. The van der Waals surface area contributed by atoms with Gasteiger partial charge < -0.3 is 19.4 Å². The molecule has 7 heteroatoms. The number of rotatable bonds is 8. The maximum absolute atomic E-state index is 12.6. The Balaban J connectivity index is 1.43. The van der Waals surface area contributed by atoms with Gasteiger partial charge in [-0.05, 0) is 37.3 Å². The zero-order valence-corrected chi connectivity index (χ0v) is 18.8. The second kappa shape index (κ2) is 12.4. The van der Waals surface area contributed by atoms with Gasteiger partial charge in [0.25, 0.3) is 0 Å². The first kappa shape index (κ1) is 23.2. The third-order valence-electron chi connectivity index (χ3n) is 5.87. The Morgan fingerprint density at radius 2 is 2.10 bits per heavy atom. The molecule has 0 radical (unpaired) electrons. The predicted molar refractivity (Wildman–Crippen MR) is 127 cm³/mol. The average Bonchev–Trinajstić information content (AvgIpc) is 3.09. The fourth-order valence-electron chi connectivity index (χ4n) is 4.00. The molecule has 1 atom stereocenters. The van der Waals surface area contributed by atoms with Crippen LogP contribution in [0, 0.1) is 0 Å². The number of hydrogen-bond acceptors (Lipinski definition) is 6. The van der Waals surface area contributed by atoms with Crippen molar-refractivity contribution in [3.05, 3.63) is 48.4 Å². The molecule has 7 nitrogen and oxygen atoms in total. The van der Waals surface area contributed by atoms with Crippen LogP contribution in [0.15, 0.2) is 58.3 Å². The minimum Gasteiger partial charge on any atom is -0.380 e. The van der Waals surface area contributed by atoms with Gasteiger partial charge in [0.15, 0.2) is 0 Å². The zero-order valence-electron chi connectivity index (χ0n) is 18.8. The second-order valence-corrected chi connectivity index (χ2v) is 7.98. The number of likely N-dealkylation sites (tertiary alicyclic amines) is 1. The van der Waals surface area contributed by atoms with E-state index in [1.54, 1.807) is 19.5 Å². The summed E-state index contributed by atoms with van der Waals surface area (Å²) in [4.78, 5) is 28.0. The van der Waals surface area contributed by atoms with Gasteiger partial charge in [0, 0.05) is 71.8 Å². The van der Waals surface area contributed by atoms with Crippen LogP contribution in [0.1, 0.15) is 19.8 Å².